The van der Waals surface area contributed by atoms with Crippen LogP contribution >= 0.6 is 12.2 Å². The Bertz CT molecular complexity index is 1060. The number of anilines is 2. The number of nitrogens with zero attached hydrogens (tertiary/aromatic N) is 1. The van der Waals surface area contributed by atoms with Gasteiger partial charge in [0.15, 0.2) is 5.11 Å². The van der Waals surface area contributed by atoms with E-state index in [0.717, 1.165) is 17.8 Å². The summed E-state index contributed by atoms with van der Waals surface area (Å²) in [5.74, 6) is 0. The summed E-state index contributed by atoms with van der Waals surface area (Å²) in [6, 6.07) is 26.9. The summed E-state index contributed by atoms with van der Waals surface area (Å²) < 4.78 is 0. The van der Waals surface area contributed by atoms with E-state index in [2.05, 4.69) is 52.0 Å². The molecule has 4 aromatic rings. The van der Waals surface area contributed by atoms with Crippen LogP contribution in [0.5, 0.6) is 0 Å². The predicted molar refractivity (Wildman–Crippen MR) is 117 cm³/mol. The Hall–Kier alpha value is -3.24. The van der Waals surface area contributed by atoms with Crippen molar-refractivity contribution in [1.82, 2.24) is 4.98 Å². The second-order valence-corrected chi connectivity index (χ2v) is 6.78. The van der Waals surface area contributed by atoms with Gasteiger partial charge in [-0.05, 0) is 76.9 Å². The van der Waals surface area contributed by atoms with E-state index in [1.54, 1.807) is 0 Å². The maximum Gasteiger partial charge on any atom is 0.175 e. The fourth-order valence-corrected chi connectivity index (χ4v) is 3.24. The number of benzene rings is 3. The van der Waals surface area contributed by atoms with Crippen LogP contribution < -0.4 is 10.6 Å². The minimum Gasteiger partial charge on any atom is -0.332 e. The van der Waals surface area contributed by atoms with Gasteiger partial charge in [-0.2, -0.15) is 0 Å². The van der Waals surface area contributed by atoms with E-state index in [0.29, 0.717) is 5.11 Å². The van der Waals surface area contributed by atoms with Gasteiger partial charge < -0.3 is 10.6 Å². The van der Waals surface area contributed by atoms with Crippen LogP contribution in [-0.2, 0) is 6.42 Å². The summed E-state index contributed by atoms with van der Waals surface area (Å²) in [5, 5.41) is 9.47. The van der Waals surface area contributed by atoms with Gasteiger partial charge in [0, 0.05) is 23.8 Å². The lowest BCUT2D eigenvalue weighted by atomic mass is 10.1. The predicted octanol–water partition coefficient (Wildman–Crippen LogP) is 5.63. The molecule has 0 aliphatic carbocycles. The molecule has 0 fully saturated rings. The van der Waals surface area contributed by atoms with Gasteiger partial charge in [-0.3, -0.25) is 4.98 Å². The number of thiocarbonyl (C=S) groups is 1. The molecule has 4 rings (SSSR count). The van der Waals surface area contributed by atoms with Crippen molar-refractivity contribution in [2.24, 2.45) is 0 Å². The molecule has 27 heavy (non-hydrogen) atoms. The van der Waals surface area contributed by atoms with Crippen molar-refractivity contribution in [3.63, 3.8) is 0 Å². The summed E-state index contributed by atoms with van der Waals surface area (Å²) in [4.78, 5) is 4.05. The first-order chi connectivity index (χ1) is 13.3. The lowest BCUT2D eigenvalue weighted by Crippen LogP contribution is -2.18. The fraction of sp³-hybridized carbons (Fsp3) is 0.0435. The van der Waals surface area contributed by atoms with Crippen molar-refractivity contribution in [3.05, 3.63) is 102 Å². The summed E-state index contributed by atoms with van der Waals surface area (Å²) in [5.41, 5.74) is 4.44. The highest BCUT2D eigenvalue weighted by Gasteiger charge is 2.02. The highest BCUT2D eigenvalue weighted by atomic mass is 32.1. The van der Waals surface area contributed by atoms with E-state index in [4.69, 9.17) is 12.2 Å². The number of rotatable bonds is 4. The average Bonchev–Trinajstić information content (AvgIpc) is 2.70. The van der Waals surface area contributed by atoms with Gasteiger partial charge in [0.1, 0.15) is 0 Å². The summed E-state index contributed by atoms with van der Waals surface area (Å²) in [6.45, 7) is 0. The molecule has 0 spiro atoms. The van der Waals surface area contributed by atoms with Crippen LogP contribution in [0.15, 0.2) is 91.3 Å². The van der Waals surface area contributed by atoms with Crippen LogP contribution in [0, 0.1) is 0 Å². The Kier molecular flexibility index (Phi) is 5.08. The zero-order valence-corrected chi connectivity index (χ0v) is 15.5. The van der Waals surface area contributed by atoms with Gasteiger partial charge in [0.25, 0.3) is 0 Å². The van der Waals surface area contributed by atoms with E-state index in [1.165, 1.54) is 21.9 Å². The van der Waals surface area contributed by atoms with Crippen molar-refractivity contribution >= 4 is 39.5 Å². The van der Waals surface area contributed by atoms with E-state index < -0.39 is 0 Å². The van der Waals surface area contributed by atoms with E-state index in [-0.39, 0.29) is 0 Å². The number of pyridine rings is 1. The molecule has 132 valence electrons. The zero-order chi connectivity index (χ0) is 18.5. The fourth-order valence-electron chi connectivity index (χ4n) is 3.00. The topological polar surface area (TPSA) is 37.0 Å². The van der Waals surface area contributed by atoms with Gasteiger partial charge in [-0.25, -0.2) is 0 Å². The Morgan fingerprint density at radius 2 is 1.33 bits per heavy atom. The van der Waals surface area contributed by atoms with Crippen molar-refractivity contribution in [1.29, 1.82) is 0 Å². The second kappa shape index (κ2) is 7.98. The number of fused-ring (bicyclic) bond motifs is 1. The van der Waals surface area contributed by atoms with Crippen LogP contribution in [0.4, 0.5) is 11.4 Å². The number of aromatic nitrogens is 1. The van der Waals surface area contributed by atoms with Crippen molar-refractivity contribution in [2.45, 2.75) is 6.42 Å². The van der Waals surface area contributed by atoms with E-state index >= 15 is 0 Å². The van der Waals surface area contributed by atoms with Gasteiger partial charge in [0.2, 0.25) is 0 Å². The molecule has 0 aliphatic heterocycles. The minimum absolute atomic E-state index is 0.576. The Balaban J connectivity index is 1.38. The third kappa shape index (κ3) is 4.49. The third-order valence-corrected chi connectivity index (χ3v) is 4.58. The van der Waals surface area contributed by atoms with E-state index in [9.17, 15) is 0 Å². The lowest BCUT2D eigenvalue weighted by Gasteiger charge is -2.12. The van der Waals surface area contributed by atoms with Gasteiger partial charge in [-0.15, -0.1) is 0 Å². The lowest BCUT2D eigenvalue weighted by molar-refractivity contribution is 1.16. The van der Waals surface area contributed by atoms with Crippen molar-refractivity contribution in [3.8, 4) is 0 Å². The molecule has 0 saturated heterocycles. The van der Waals surface area contributed by atoms with Crippen molar-refractivity contribution in [2.75, 3.05) is 10.6 Å². The molecule has 1 heterocycles. The zero-order valence-electron chi connectivity index (χ0n) is 14.7. The molecule has 0 radical (unpaired) electrons. The highest BCUT2D eigenvalue weighted by molar-refractivity contribution is 7.80. The Labute approximate surface area is 164 Å². The summed E-state index contributed by atoms with van der Waals surface area (Å²) in [7, 11) is 0. The first-order valence-electron chi connectivity index (χ1n) is 8.81. The first-order valence-corrected chi connectivity index (χ1v) is 9.22. The normalized spacial score (nSPS) is 10.5. The quantitative estimate of drug-likeness (QED) is 0.457. The molecule has 0 atom stereocenters. The molecule has 2 N–H and O–H groups in total. The molecule has 3 aromatic carbocycles. The Morgan fingerprint density at radius 3 is 2.11 bits per heavy atom. The van der Waals surface area contributed by atoms with E-state index in [1.807, 2.05) is 54.9 Å². The SMILES string of the molecule is S=C(Nc1ccc(Cc2ccncc2)cc1)Nc1ccc2ccccc2c1. The number of hydrogen-bond acceptors (Lipinski definition) is 2. The van der Waals surface area contributed by atoms with Crippen LogP contribution in [0.2, 0.25) is 0 Å². The number of nitrogens with one attached hydrogen (secondary N) is 2. The van der Waals surface area contributed by atoms with Gasteiger partial charge in [-0.1, -0.05) is 42.5 Å². The van der Waals surface area contributed by atoms with Gasteiger partial charge in [0.05, 0.1) is 0 Å². The second-order valence-electron chi connectivity index (χ2n) is 6.37. The van der Waals surface area contributed by atoms with Crippen LogP contribution in [-0.4, -0.2) is 10.1 Å². The third-order valence-electron chi connectivity index (χ3n) is 4.38. The molecule has 4 heteroatoms. The molecule has 0 amide bonds. The molecule has 0 unspecified atom stereocenters. The molecule has 1 aromatic heterocycles. The summed E-state index contributed by atoms with van der Waals surface area (Å²) in [6.07, 6.45) is 4.53. The maximum atomic E-state index is 5.45. The van der Waals surface area contributed by atoms with Gasteiger partial charge >= 0.3 is 0 Å². The maximum absolute atomic E-state index is 5.45. The number of hydrogen-bond donors (Lipinski definition) is 2. The van der Waals surface area contributed by atoms with Crippen LogP contribution in [0.3, 0.4) is 0 Å². The molecule has 0 saturated carbocycles. The molecular formula is C23H19N3S. The first kappa shape index (κ1) is 17.2. The molecule has 3 nitrogen and oxygen atoms in total. The van der Waals surface area contributed by atoms with Crippen LogP contribution in [0.25, 0.3) is 10.8 Å². The smallest absolute Gasteiger partial charge is 0.175 e. The molecular weight excluding hydrogens is 350 g/mol. The molecule has 0 bridgehead atoms. The summed E-state index contributed by atoms with van der Waals surface area (Å²) >= 11 is 5.45. The van der Waals surface area contributed by atoms with Crippen LogP contribution in [0.1, 0.15) is 11.1 Å². The van der Waals surface area contributed by atoms with Crippen molar-refractivity contribution < 1.29 is 0 Å². The largest absolute Gasteiger partial charge is 0.332 e. The average molecular weight is 369 g/mol. The molecule has 0 aliphatic rings. The highest BCUT2D eigenvalue weighted by Crippen LogP contribution is 2.19. The Morgan fingerprint density at radius 1 is 0.704 bits per heavy atom. The monoisotopic (exact) mass is 369 g/mol. The standard InChI is InChI=1S/C23H19N3S/c27-23(26-22-10-7-19-3-1-2-4-20(19)16-22)25-21-8-5-17(6-9-21)15-18-11-13-24-14-12-18/h1-14,16H,15H2,(H2,25,26,27). The minimum atomic E-state index is 0.576.